The normalized spacial score (nSPS) is 17.3. The molecule has 2 aliphatic heterocycles. The summed E-state index contributed by atoms with van der Waals surface area (Å²) in [6.07, 6.45) is 11.3. The maximum absolute atomic E-state index is 13.8. The number of carbonyl (C=O) groups is 1. The molecule has 3 aromatic heterocycles. The first-order valence-corrected chi connectivity index (χ1v) is 16.5. The summed E-state index contributed by atoms with van der Waals surface area (Å²) in [7, 11) is 0. The number of H-pyrrole nitrogens is 3. The highest BCUT2D eigenvalue weighted by Crippen LogP contribution is 2.42. The Labute approximate surface area is 270 Å². The van der Waals surface area contributed by atoms with Crippen LogP contribution in [-0.4, -0.2) is 62.5 Å². The second-order valence-electron chi connectivity index (χ2n) is 12.5. The van der Waals surface area contributed by atoms with Gasteiger partial charge in [0.1, 0.15) is 0 Å². The Hall–Kier alpha value is -4.05. The summed E-state index contributed by atoms with van der Waals surface area (Å²) in [4.78, 5) is 24.8. The first-order chi connectivity index (χ1) is 22.2. The lowest BCUT2D eigenvalue weighted by atomic mass is 9.85. The topological polar surface area (TPSA) is 149 Å². The number of aromatic amines is 3. The number of allylic oxidation sites excluding steroid dienone is 2. The van der Waals surface area contributed by atoms with Gasteiger partial charge in [-0.25, -0.2) is 0 Å². The lowest BCUT2D eigenvalue weighted by molar-refractivity contribution is 0.0950. The number of carbonyl (C=O) groups excluding carboxylic acids is 1. The fourth-order valence-corrected chi connectivity index (χ4v) is 7.16. The zero-order chi connectivity index (χ0) is 33.1. The molecular formula is C37H49N5O4. The molecule has 0 spiro atoms. The molecule has 5 rings (SSSR count). The molecule has 1 fully saturated rings. The van der Waals surface area contributed by atoms with Crippen LogP contribution in [0, 0.1) is 32.6 Å². The van der Waals surface area contributed by atoms with Gasteiger partial charge < -0.3 is 40.9 Å². The van der Waals surface area contributed by atoms with E-state index in [2.05, 4.69) is 78.1 Å². The second-order valence-corrected chi connectivity index (χ2v) is 12.5. The molecular weight excluding hydrogens is 578 g/mol. The summed E-state index contributed by atoms with van der Waals surface area (Å²) < 4.78 is 0. The highest BCUT2D eigenvalue weighted by Gasteiger charge is 2.36. The van der Waals surface area contributed by atoms with Gasteiger partial charge in [0.05, 0.1) is 11.3 Å². The monoisotopic (exact) mass is 627 g/mol. The summed E-state index contributed by atoms with van der Waals surface area (Å²) in [5.41, 5.74) is 12.1. The van der Waals surface area contributed by atoms with E-state index in [1.54, 1.807) is 0 Å². The average Bonchev–Trinajstić information content (AvgIpc) is 3.71. The Kier molecular flexibility index (Phi) is 10.3. The number of aliphatic hydroxyl groups is 3. The van der Waals surface area contributed by atoms with Gasteiger partial charge in [-0.1, -0.05) is 26.5 Å². The Balaban J connectivity index is 1.89. The predicted octanol–water partition coefficient (Wildman–Crippen LogP) is 3.65. The largest absolute Gasteiger partial charge is 0.396 e. The van der Waals surface area contributed by atoms with E-state index < -0.39 is 0 Å². The van der Waals surface area contributed by atoms with Gasteiger partial charge in [0.15, 0.2) is 0 Å². The molecule has 2 atom stereocenters. The molecule has 8 N–H and O–H groups in total. The molecule has 246 valence electrons. The van der Waals surface area contributed by atoms with Crippen molar-refractivity contribution in [1.29, 1.82) is 0 Å². The van der Waals surface area contributed by atoms with Crippen LogP contribution < -0.4 is 21.3 Å². The SMILES string of the molecule is C=Cc1c2[nH]c(c1C)C=C1NC(=C(CCO)c3[nH]c(c(C)c3C(=O)NCCCO)C=c3[nH]c(c(C)c3CC)=C2)C(CCCO)C1C. The number of aromatic nitrogens is 3. The molecule has 5 heterocycles. The average molecular weight is 628 g/mol. The lowest BCUT2D eigenvalue weighted by Crippen LogP contribution is -2.26. The summed E-state index contributed by atoms with van der Waals surface area (Å²) >= 11 is 0. The van der Waals surface area contributed by atoms with Crippen LogP contribution >= 0.6 is 0 Å². The van der Waals surface area contributed by atoms with Crippen LogP contribution in [0.5, 0.6) is 0 Å². The molecule has 46 heavy (non-hydrogen) atoms. The van der Waals surface area contributed by atoms with Gasteiger partial charge >= 0.3 is 0 Å². The van der Waals surface area contributed by atoms with Crippen molar-refractivity contribution in [2.24, 2.45) is 11.8 Å². The number of hydrogen-bond acceptors (Lipinski definition) is 5. The summed E-state index contributed by atoms with van der Waals surface area (Å²) in [5.74, 6) is -0.0906. The van der Waals surface area contributed by atoms with Crippen LogP contribution in [0.4, 0.5) is 0 Å². The number of rotatable bonds is 11. The van der Waals surface area contributed by atoms with Crippen molar-refractivity contribution in [1.82, 2.24) is 25.6 Å². The quantitative estimate of drug-likeness (QED) is 0.153. The van der Waals surface area contributed by atoms with E-state index >= 15 is 0 Å². The van der Waals surface area contributed by atoms with E-state index in [-0.39, 0.29) is 37.6 Å². The van der Waals surface area contributed by atoms with E-state index in [9.17, 15) is 20.1 Å². The lowest BCUT2D eigenvalue weighted by Gasteiger charge is -2.19. The van der Waals surface area contributed by atoms with E-state index in [1.807, 2.05) is 13.0 Å². The fourth-order valence-electron chi connectivity index (χ4n) is 7.16. The molecule has 2 aliphatic rings. The van der Waals surface area contributed by atoms with Crippen molar-refractivity contribution in [3.8, 4) is 0 Å². The maximum Gasteiger partial charge on any atom is 0.253 e. The van der Waals surface area contributed by atoms with Crippen molar-refractivity contribution in [2.75, 3.05) is 26.4 Å². The first-order valence-electron chi connectivity index (χ1n) is 16.5. The molecule has 8 bridgehead atoms. The molecule has 0 aliphatic carbocycles. The zero-order valence-corrected chi connectivity index (χ0v) is 27.8. The van der Waals surface area contributed by atoms with E-state index in [0.29, 0.717) is 37.1 Å². The van der Waals surface area contributed by atoms with Gasteiger partial charge in [-0.3, -0.25) is 4.79 Å². The minimum atomic E-state index is -0.224. The molecule has 2 unspecified atom stereocenters. The Morgan fingerprint density at radius 2 is 1.63 bits per heavy atom. The predicted molar refractivity (Wildman–Crippen MR) is 185 cm³/mol. The fraction of sp³-hybridized carbons (Fsp3) is 0.432. The minimum absolute atomic E-state index is 0.0111. The minimum Gasteiger partial charge on any atom is -0.396 e. The summed E-state index contributed by atoms with van der Waals surface area (Å²) in [6, 6.07) is 0. The number of hydrogen-bond donors (Lipinski definition) is 8. The third-order valence-electron chi connectivity index (χ3n) is 9.80. The molecule has 0 aromatic carbocycles. The Morgan fingerprint density at radius 1 is 0.913 bits per heavy atom. The number of aliphatic hydroxyl groups excluding tert-OH is 3. The molecule has 9 heteroatoms. The van der Waals surface area contributed by atoms with Crippen molar-refractivity contribution in [2.45, 2.75) is 66.7 Å². The van der Waals surface area contributed by atoms with Crippen LogP contribution in [0.2, 0.25) is 0 Å². The van der Waals surface area contributed by atoms with Crippen molar-refractivity contribution >= 4 is 35.8 Å². The van der Waals surface area contributed by atoms with Gasteiger partial charge in [0.25, 0.3) is 5.91 Å². The molecule has 3 aromatic rings. The van der Waals surface area contributed by atoms with Crippen LogP contribution in [0.3, 0.4) is 0 Å². The van der Waals surface area contributed by atoms with Crippen LogP contribution in [0.1, 0.15) is 100 Å². The van der Waals surface area contributed by atoms with Crippen LogP contribution in [0.15, 0.2) is 18.0 Å². The number of fused-ring (bicyclic) bond motifs is 8. The summed E-state index contributed by atoms with van der Waals surface area (Å²) in [6.45, 7) is 15.0. The molecule has 0 saturated carbocycles. The first kappa shape index (κ1) is 33.3. The second kappa shape index (κ2) is 14.2. The standard InChI is InChI=1S/C37H49N5O4/c1-7-24-20(3)28-17-30-22(5)26(11-9-14-43)35(41-30)27(12-16-45)36-34(37(46)38-13-10-15-44)23(6)31(42-36)19-33-25(8-2)21(4)29(40-33)18-32(24)39-28/h7,17-19,22,26,39-45H,1,8-16H2,2-6H3,(H,38,46). The zero-order valence-electron chi connectivity index (χ0n) is 27.8. The van der Waals surface area contributed by atoms with E-state index in [4.69, 9.17) is 0 Å². The van der Waals surface area contributed by atoms with E-state index in [1.165, 1.54) is 5.56 Å². The third kappa shape index (κ3) is 6.07. The summed E-state index contributed by atoms with van der Waals surface area (Å²) in [5, 5.41) is 38.3. The van der Waals surface area contributed by atoms with E-state index in [0.717, 1.165) is 79.8 Å². The number of nitrogens with one attached hydrogen (secondary N) is 5. The van der Waals surface area contributed by atoms with Gasteiger partial charge in [0.2, 0.25) is 0 Å². The third-order valence-corrected chi connectivity index (χ3v) is 9.80. The molecule has 1 saturated heterocycles. The van der Waals surface area contributed by atoms with Crippen molar-refractivity contribution < 1.29 is 20.1 Å². The van der Waals surface area contributed by atoms with Crippen molar-refractivity contribution in [3.05, 3.63) is 84.8 Å². The van der Waals surface area contributed by atoms with Gasteiger partial charge in [0, 0.05) is 82.9 Å². The molecule has 0 radical (unpaired) electrons. The van der Waals surface area contributed by atoms with Gasteiger partial charge in [-0.2, -0.15) is 0 Å². The number of amides is 1. The molecule has 9 nitrogen and oxygen atoms in total. The highest BCUT2D eigenvalue weighted by atomic mass is 16.3. The Bertz CT molecular complexity index is 1820. The van der Waals surface area contributed by atoms with Gasteiger partial charge in [-0.05, 0) is 98.9 Å². The van der Waals surface area contributed by atoms with Crippen molar-refractivity contribution in [3.63, 3.8) is 0 Å². The highest BCUT2D eigenvalue weighted by molar-refractivity contribution is 6.01. The Morgan fingerprint density at radius 3 is 2.30 bits per heavy atom. The molecule has 1 amide bonds. The van der Waals surface area contributed by atoms with Crippen LogP contribution in [0.25, 0.3) is 29.9 Å². The van der Waals surface area contributed by atoms with Gasteiger partial charge in [-0.15, -0.1) is 0 Å². The smallest absolute Gasteiger partial charge is 0.253 e. The van der Waals surface area contributed by atoms with Crippen LogP contribution in [-0.2, 0) is 6.42 Å². The maximum atomic E-state index is 13.8.